The van der Waals surface area contributed by atoms with Crippen LogP contribution in [0.3, 0.4) is 0 Å². The van der Waals surface area contributed by atoms with Gasteiger partial charge in [-0.15, -0.1) is 0 Å². The summed E-state index contributed by atoms with van der Waals surface area (Å²) >= 11 is 0. The molecule has 21 heavy (non-hydrogen) atoms. The molecule has 2 aliphatic rings. The largest absolute Gasteiger partial charge is 0.381 e. The molecule has 112 valence electrons. The average Bonchev–Trinajstić information content (AvgIpc) is 2.50. The van der Waals surface area contributed by atoms with Crippen molar-refractivity contribution in [2.75, 3.05) is 12.4 Å². The molecule has 2 atom stereocenters. The first-order valence-corrected chi connectivity index (χ1v) is 7.78. The number of methoxy groups -OCH3 is 1. The number of hydrogen-bond donors (Lipinski definition) is 1. The molecule has 1 fully saturated rings. The van der Waals surface area contributed by atoms with E-state index in [0.29, 0.717) is 11.6 Å². The Morgan fingerprint density at radius 1 is 1.38 bits per heavy atom. The summed E-state index contributed by atoms with van der Waals surface area (Å²) in [6, 6.07) is 4.64. The number of anilines is 1. The van der Waals surface area contributed by atoms with Crippen LogP contribution in [0.2, 0.25) is 0 Å². The van der Waals surface area contributed by atoms with Crippen molar-refractivity contribution in [1.82, 2.24) is 4.98 Å². The van der Waals surface area contributed by atoms with Crippen LogP contribution in [0.5, 0.6) is 0 Å². The lowest BCUT2D eigenvalue weighted by Crippen LogP contribution is -2.57. The van der Waals surface area contributed by atoms with Gasteiger partial charge < -0.3 is 10.1 Å². The number of pyridine rings is 1. The highest BCUT2D eigenvalue weighted by Crippen LogP contribution is 2.44. The summed E-state index contributed by atoms with van der Waals surface area (Å²) in [5.41, 5.74) is 3.17. The highest BCUT2D eigenvalue weighted by atomic mass is 16.5. The number of ether oxygens (including phenoxy) is 1. The van der Waals surface area contributed by atoms with E-state index in [-0.39, 0.29) is 11.5 Å². The molecule has 2 aliphatic carbocycles. The summed E-state index contributed by atoms with van der Waals surface area (Å²) in [6.07, 6.45) is 5.73. The second kappa shape index (κ2) is 5.31. The summed E-state index contributed by atoms with van der Waals surface area (Å²) in [5.74, 6) is 0.755. The Kier molecular flexibility index (Phi) is 3.62. The standard InChI is InChI=1S/C17H23N3O/c1-17(2)14(9-15(17)21-3)20-16-12(10-18)8-11-6-4-5-7-13(11)19-16/h8,14-15H,4-7,9H2,1-3H3,(H,19,20). The molecule has 4 nitrogen and oxygen atoms in total. The highest BCUT2D eigenvalue weighted by Gasteiger charge is 2.48. The van der Waals surface area contributed by atoms with E-state index in [4.69, 9.17) is 9.72 Å². The molecule has 1 heterocycles. The minimum atomic E-state index is 0.0685. The molecule has 1 N–H and O–H groups in total. The predicted molar refractivity (Wildman–Crippen MR) is 82.2 cm³/mol. The number of fused-ring (bicyclic) bond motifs is 1. The van der Waals surface area contributed by atoms with Crippen LogP contribution in [-0.4, -0.2) is 24.2 Å². The second-order valence-corrected chi connectivity index (χ2v) is 6.79. The van der Waals surface area contributed by atoms with E-state index >= 15 is 0 Å². The Labute approximate surface area is 126 Å². The van der Waals surface area contributed by atoms with Gasteiger partial charge in [-0.25, -0.2) is 4.98 Å². The van der Waals surface area contributed by atoms with Crippen LogP contribution in [0.25, 0.3) is 0 Å². The number of hydrogen-bond acceptors (Lipinski definition) is 4. The summed E-state index contributed by atoms with van der Waals surface area (Å²) in [4.78, 5) is 4.75. The summed E-state index contributed by atoms with van der Waals surface area (Å²) < 4.78 is 5.49. The van der Waals surface area contributed by atoms with Crippen molar-refractivity contribution in [3.8, 4) is 6.07 Å². The minimum Gasteiger partial charge on any atom is -0.381 e. The van der Waals surface area contributed by atoms with Crippen LogP contribution in [0.15, 0.2) is 6.07 Å². The predicted octanol–water partition coefficient (Wildman–Crippen LogP) is 3.06. The quantitative estimate of drug-likeness (QED) is 0.927. The van der Waals surface area contributed by atoms with Gasteiger partial charge in [0.05, 0.1) is 11.7 Å². The van der Waals surface area contributed by atoms with Crippen molar-refractivity contribution in [3.05, 3.63) is 22.9 Å². The molecule has 0 bridgehead atoms. The van der Waals surface area contributed by atoms with E-state index < -0.39 is 0 Å². The Hall–Kier alpha value is -1.60. The Balaban J connectivity index is 1.84. The number of nitriles is 1. The summed E-state index contributed by atoms with van der Waals surface area (Å²) in [5, 5.41) is 12.9. The van der Waals surface area contributed by atoms with E-state index in [1.807, 2.05) is 6.07 Å². The first-order chi connectivity index (χ1) is 10.1. The van der Waals surface area contributed by atoms with Crippen molar-refractivity contribution in [1.29, 1.82) is 5.26 Å². The van der Waals surface area contributed by atoms with Gasteiger partial charge in [0.15, 0.2) is 0 Å². The molecule has 0 aliphatic heterocycles. The number of aryl methyl sites for hydroxylation is 2. The fourth-order valence-electron chi connectivity index (χ4n) is 3.52. The molecule has 0 aromatic carbocycles. The first-order valence-electron chi connectivity index (χ1n) is 7.78. The summed E-state index contributed by atoms with van der Waals surface area (Å²) in [7, 11) is 1.76. The minimum absolute atomic E-state index is 0.0685. The smallest absolute Gasteiger partial charge is 0.144 e. The van der Waals surface area contributed by atoms with Gasteiger partial charge in [0.2, 0.25) is 0 Å². The maximum Gasteiger partial charge on any atom is 0.144 e. The Morgan fingerprint density at radius 2 is 2.14 bits per heavy atom. The van der Waals surface area contributed by atoms with E-state index in [9.17, 15) is 5.26 Å². The lowest BCUT2D eigenvalue weighted by Gasteiger charge is -2.51. The van der Waals surface area contributed by atoms with Crippen LogP contribution in [0.1, 0.15) is 49.9 Å². The van der Waals surface area contributed by atoms with Crippen molar-refractivity contribution >= 4 is 5.82 Å². The zero-order valence-electron chi connectivity index (χ0n) is 13.1. The van der Waals surface area contributed by atoms with Gasteiger partial charge in [0, 0.05) is 24.3 Å². The fourth-order valence-corrected chi connectivity index (χ4v) is 3.52. The third-order valence-electron chi connectivity index (χ3n) is 5.19. The van der Waals surface area contributed by atoms with Gasteiger partial charge >= 0.3 is 0 Å². The van der Waals surface area contributed by atoms with E-state index in [0.717, 1.165) is 25.1 Å². The maximum absolute atomic E-state index is 9.40. The first kappa shape index (κ1) is 14.3. The zero-order valence-corrected chi connectivity index (χ0v) is 13.1. The summed E-state index contributed by atoms with van der Waals surface area (Å²) in [6.45, 7) is 4.40. The lowest BCUT2D eigenvalue weighted by molar-refractivity contribution is -0.0795. The molecule has 1 aromatic rings. The third-order valence-corrected chi connectivity index (χ3v) is 5.19. The number of rotatable bonds is 3. The van der Waals surface area contributed by atoms with Gasteiger partial charge in [0.1, 0.15) is 11.9 Å². The molecule has 0 spiro atoms. The normalized spacial score (nSPS) is 26.4. The molecule has 2 unspecified atom stereocenters. The van der Waals surface area contributed by atoms with Gasteiger partial charge in [-0.2, -0.15) is 5.26 Å². The monoisotopic (exact) mass is 285 g/mol. The molecule has 0 radical (unpaired) electrons. The van der Waals surface area contributed by atoms with E-state index in [1.54, 1.807) is 7.11 Å². The lowest BCUT2D eigenvalue weighted by atomic mass is 9.64. The molecule has 0 amide bonds. The van der Waals surface area contributed by atoms with Gasteiger partial charge in [-0.3, -0.25) is 0 Å². The Bertz CT molecular complexity index is 588. The van der Waals surface area contributed by atoms with Crippen LogP contribution in [0.4, 0.5) is 5.82 Å². The molecule has 1 saturated carbocycles. The Morgan fingerprint density at radius 3 is 2.81 bits per heavy atom. The molecule has 1 aromatic heterocycles. The molecular formula is C17H23N3O. The van der Waals surface area contributed by atoms with Crippen LogP contribution < -0.4 is 5.32 Å². The van der Waals surface area contributed by atoms with Gasteiger partial charge in [-0.05, 0) is 43.7 Å². The maximum atomic E-state index is 9.40. The van der Waals surface area contributed by atoms with Crippen LogP contribution in [-0.2, 0) is 17.6 Å². The van der Waals surface area contributed by atoms with Crippen molar-refractivity contribution in [3.63, 3.8) is 0 Å². The molecular weight excluding hydrogens is 262 g/mol. The topological polar surface area (TPSA) is 57.9 Å². The van der Waals surface area contributed by atoms with E-state index in [1.165, 1.54) is 24.1 Å². The average molecular weight is 285 g/mol. The fraction of sp³-hybridized carbons (Fsp3) is 0.647. The SMILES string of the molecule is COC1CC(Nc2nc3c(cc2C#N)CCCC3)C1(C)C. The van der Waals surface area contributed by atoms with Crippen LogP contribution >= 0.6 is 0 Å². The third kappa shape index (κ3) is 2.40. The second-order valence-electron chi connectivity index (χ2n) is 6.79. The van der Waals surface area contributed by atoms with Crippen molar-refractivity contribution in [2.24, 2.45) is 5.41 Å². The highest BCUT2D eigenvalue weighted by molar-refractivity contribution is 5.55. The van der Waals surface area contributed by atoms with Crippen molar-refractivity contribution in [2.45, 2.75) is 58.1 Å². The van der Waals surface area contributed by atoms with Crippen molar-refractivity contribution < 1.29 is 4.74 Å². The number of nitrogens with zero attached hydrogens (tertiary/aromatic N) is 2. The van der Waals surface area contributed by atoms with Crippen LogP contribution in [0, 0.1) is 16.7 Å². The molecule has 4 heteroatoms. The van der Waals surface area contributed by atoms with Gasteiger partial charge in [-0.1, -0.05) is 13.8 Å². The van der Waals surface area contributed by atoms with E-state index in [2.05, 4.69) is 25.2 Å². The van der Waals surface area contributed by atoms with Gasteiger partial charge in [0.25, 0.3) is 0 Å². The molecule has 0 saturated heterocycles. The number of aromatic nitrogens is 1. The zero-order chi connectivity index (χ0) is 15.0. The molecule has 3 rings (SSSR count). The number of nitrogens with one attached hydrogen (secondary N) is 1.